The van der Waals surface area contributed by atoms with Crippen molar-refractivity contribution in [1.82, 2.24) is 5.32 Å². The zero-order chi connectivity index (χ0) is 6.57. The number of carbonyl (C=O) groups is 1. The van der Waals surface area contributed by atoms with Crippen LogP contribution in [-0.2, 0) is 4.79 Å². The molecular weight excluding hydrogens is 170 g/mol. The SMILES string of the molecule is CCNC(=O)[C@H](C)Br. The maximum Gasteiger partial charge on any atom is 0.233 e. The minimum atomic E-state index is -0.0672. The monoisotopic (exact) mass is 179 g/mol. The fourth-order valence-corrected chi connectivity index (χ4v) is 0.477. The van der Waals surface area contributed by atoms with E-state index in [-0.39, 0.29) is 10.7 Å². The quantitative estimate of drug-likeness (QED) is 0.628. The molecule has 8 heavy (non-hydrogen) atoms. The molecule has 0 fully saturated rings. The van der Waals surface area contributed by atoms with Gasteiger partial charge in [-0.05, 0) is 13.8 Å². The zero-order valence-corrected chi connectivity index (χ0v) is 6.66. The Kier molecular flexibility index (Phi) is 3.87. The van der Waals surface area contributed by atoms with E-state index in [4.69, 9.17) is 0 Å². The van der Waals surface area contributed by atoms with Crippen LogP contribution in [0.1, 0.15) is 13.8 Å². The van der Waals surface area contributed by atoms with Crippen molar-refractivity contribution in [3.05, 3.63) is 0 Å². The molecule has 1 amide bonds. The maximum atomic E-state index is 10.6. The summed E-state index contributed by atoms with van der Waals surface area (Å²) in [5, 5.41) is 2.66. The highest BCUT2D eigenvalue weighted by atomic mass is 79.9. The molecule has 0 unspecified atom stereocenters. The van der Waals surface area contributed by atoms with Gasteiger partial charge in [0.25, 0.3) is 0 Å². The average molecular weight is 180 g/mol. The molecule has 0 rings (SSSR count). The Balaban J connectivity index is 3.33. The van der Waals surface area contributed by atoms with Crippen LogP contribution in [0.3, 0.4) is 0 Å². The number of amides is 1. The van der Waals surface area contributed by atoms with E-state index >= 15 is 0 Å². The first-order chi connectivity index (χ1) is 3.68. The molecule has 0 spiro atoms. The lowest BCUT2D eigenvalue weighted by molar-refractivity contribution is -0.120. The topological polar surface area (TPSA) is 29.1 Å². The summed E-state index contributed by atoms with van der Waals surface area (Å²) < 4.78 is 0. The molecule has 0 saturated carbocycles. The van der Waals surface area contributed by atoms with Gasteiger partial charge in [-0.2, -0.15) is 0 Å². The van der Waals surface area contributed by atoms with Gasteiger partial charge in [-0.1, -0.05) is 15.9 Å². The number of alkyl halides is 1. The van der Waals surface area contributed by atoms with Gasteiger partial charge in [-0.3, -0.25) is 4.79 Å². The molecule has 0 aliphatic rings. The van der Waals surface area contributed by atoms with E-state index in [0.29, 0.717) is 6.54 Å². The van der Waals surface area contributed by atoms with Crippen molar-refractivity contribution < 1.29 is 4.79 Å². The largest absolute Gasteiger partial charge is 0.355 e. The summed E-state index contributed by atoms with van der Waals surface area (Å²) in [6.45, 7) is 4.40. The number of nitrogens with one attached hydrogen (secondary N) is 1. The van der Waals surface area contributed by atoms with Crippen LogP contribution < -0.4 is 5.32 Å². The second-order valence-corrected chi connectivity index (χ2v) is 2.88. The third-order valence-corrected chi connectivity index (χ3v) is 1.13. The fraction of sp³-hybridized carbons (Fsp3) is 0.800. The number of halogens is 1. The lowest BCUT2D eigenvalue weighted by atomic mass is 10.4. The van der Waals surface area contributed by atoms with Gasteiger partial charge >= 0.3 is 0 Å². The van der Waals surface area contributed by atoms with E-state index in [1.807, 2.05) is 6.92 Å². The van der Waals surface area contributed by atoms with Crippen LogP contribution in [-0.4, -0.2) is 17.3 Å². The minimum Gasteiger partial charge on any atom is -0.355 e. The van der Waals surface area contributed by atoms with Gasteiger partial charge in [0.15, 0.2) is 0 Å². The number of rotatable bonds is 2. The minimum absolute atomic E-state index is 0.0486. The third-order valence-electron chi connectivity index (χ3n) is 0.712. The summed E-state index contributed by atoms with van der Waals surface area (Å²) in [4.78, 5) is 10.5. The first-order valence-electron chi connectivity index (χ1n) is 2.60. The summed E-state index contributed by atoms with van der Waals surface area (Å²) in [6.07, 6.45) is 0. The van der Waals surface area contributed by atoms with Crippen molar-refractivity contribution in [1.29, 1.82) is 0 Å². The molecule has 0 heterocycles. The zero-order valence-electron chi connectivity index (χ0n) is 5.07. The lowest BCUT2D eigenvalue weighted by Crippen LogP contribution is -2.28. The van der Waals surface area contributed by atoms with E-state index in [2.05, 4.69) is 21.2 Å². The van der Waals surface area contributed by atoms with Crippen molar-refractivity contribution in [2.75, 3.05) is 6.54 Å². The van der Waals surface area contributed by atoms with Crippen molar-refractivity contribution in [3.63, 3.8) is 0 Å². The van der Waals surface area contributed by atoms with Crippen molar-refractivity contribution in [3.8, 4) is 0 Å². The third kappa shape index (κ3) is 3.02. The van der Waals surface area contributed by atoms with E-state index in [1.165, 1.54) is 0 Å². The van der Waals surface area contributed by atoms with E-state index < -0.39 is 0 Å². The molecule has 48 valence electrons. The van der Waals surface area contributed by atoms with Crippen LogP contribution in [0.15, 0.2) is 0 Å². The normalized spacial score (nSPS) is 12.9. The summed E-state index contributed by atoms with van der Waals surface area (Å²) >= 11 is 3.13. The van der Waals surface area contributed by atoms with Gasteiger partial charge in [0.2, 0.25) is 5.91 Å². The molecule has 0 aliphatic carbocycles. The highest BCUT2D eigenvalue weighted by molar-refractivity contribution is 9.10. The summed E-state index contributed by atoms with van der Waals surface area (Å²) in [7, 11) is 0. The second kappa shape index (κ2) is 3.89. The van der Waals surface area contributed by atoms with E-state index in [0.717, 1.165) is 0 Å². The van der Waals surface area contributed by atoms with Gasteiger partial charge < -0.3 is 5.32 Å². The number of carbonyl (C=O) groups excluding carboxylic acids is 1. The molecule has 0 radical (unpaired) electrons. The van der Waals surface area contributed by atoms with Crippen molar-refractivity contribution in [2.24, 2.45) is 0 Å². The Labute approximate surface area is 57.8 Å². The lowest BCUT2D eigenvalue weighted by Gasteiger charge is -2.00. The average Bonchev–Trinajstić information content (AvgIpc) is 1.67. The predicted octanol–water partition coefficient (Wildman–Crippen LogP) is 0.906. The standard InChI is InChI=1S/C5H10BrNO/c1-3-7-5(8)4(2)6/h4H,3H2,1-2H3,(H,7,8)/t4-/m0/s1. The van der Waals surface area contributed by atoms with Crippen LogP contribution in [0.25, 0.3) is 0 Å². The molecule has 3 heteroatoms. The molecule has 0 bridgehead atoms. The molecule has 2 nitrogen and oxygen atoms in total. The first-order valence-corrected chi connectivity index (χ1v) is 3.51. The maximum absolute atomic E-state index is 10.6. The molecular formula is C5H10BrNO. The molecule has 0 aromatic heterocycles. The summed E-state index contributed by atoms with van der Waals surface area (Å²) in [5.41, 5.74) is 0. The number of hydrogen-bond acceptors (Lipinski definition) is 1. The Morgan fingerprint density at radius 3 is 2.50 bits per heavy atom. The van der Waals surface area contributed by atoms with E-state index in [9.17, 15) is 4.79 Å². The van der Waals surface area contributed by atoms with Gasteiger partial charge in [-0.25, -0.2) is 0 Å². The van der Waals surface area contributed by atoms with Crippen molar-refractivity contribution >= 4 is 21.8 Å². The molecule has 1 atom stereocenters. The fourth-order valence-electron chi connectivity index (χ4n) is 0.315. The molecule has 0 saturated heterocycles. The van der Waals surface area contributed by atoms with Crippen LogP contribution in [0, 0.1) is 0 Å². The Morgan fingerprint density at radius 2 is 2.38 bits per heavy atom. The predicted molar refractivity (Wildman–Crippen MR) is 37.1 cm³/mol. The van der Waals surface area contributed by atoms with Crippen LogP contribution in [0.2, 0.25) is 0 Å². The highest BCUT2D eigenvalue weighted by Gasteiger charge is 2.04. The molecule has 0 aromatic rings. The van der Waals surface area contributed by atoms with Gasteiger partial charge in [-0.15, -0.1) is 0 Å². The van der Waals surface area contributed by atoms with Gasteiger partial charge in [0.1, 0.15) is 0 Å². The van der Waals surface area contributed by atoms with Gasteiger partial charge in [0, 0.05) is 6.54 Å². The van der Waals surface area contributed by atoms with Crippen molar-refractivity contribution in [2.45, 2.75) is 18.7 Å². The smallest absolute Gasteiger partial charge is 0.233 e. The Morgan fingerprint density at radius 1 is 1.88 bits per heavy atom. The number of hydrogen-bond donors (Lipinski definition) is 1. The molecule has 0 aliphatic heterocycles. The van der Waals surface area contributed by atoms with Crippen LogP contribution in [0.4, 0.5) is 0 Å². The first kappa shape index (κ1) is 7.95. The van der Waals surface area contributed by atoms with Crippen LogP contribution in [0.5, 0.6) is 0 Å². The summed E-state index contributed by atoms with van der Waals surface area (Å²) in [6, 6.07) is 0. The summed E-state index contributed by atoms with van der Waals surface area (Å²) in [5.74, 6) is 0.0486. The Bertz CT molecular complexity index is 82.5. The Hall–Kier alpha value is -0.0500. The highest BCUT2D eigenvalue weighted by Crippen LogP contribution is 1.94. The second-order valence-electron chi connectivity index (χ2n) is 1.51. The van der Waals surface area contributed by atoms with Gasteiger partial charge in [0.05, 0.1) is 4.83 Å². The molecule has 0 aromatic carbocycles. The van der Waals surface area contributed by atoms with E-state index in [1.54, 1.807) is 6.92 Å². The van der Waals surface area contributed by atoms with Crippen LogP contribution >= 0.6 is 15.9 Å². The molecule has 1 N–H and O–H groups in total.